The van der Waals surface area contributed by atoms with E-state index < -0.39 is 0 Å². The number of hydrogen-bond acceptors (Lipinski definition) is 4. The number of rotatable bonds is 8. The van der Waals surface area contributed by atoms with Gasteiger partial charge in [-0.1, -0.05) is 31.5 Å². The Hall–Kier alpha value is -1.55. The van der Waals surface area contributed by atoms with Crippen LogP contribution in [-0.2, 0) is 9.53 Å². The van der Waals surface area contributed by atoms with Gasteiger partial charge in [-0.05, 0) is 26.0 Å². The Morgan fingerprint density at radius 3 is 2.45 bits per heavy atom. The van der Waals surface area contributed by atoms with E-state index >= 15 is 0 Å². The summed E-state index contributed by atoms with van der Waals surface area (Å²) >= 11 is 0. The first-order valence-corrected chi connectivity index (χ1v) is 7.15. The average molecular weight is 279 g/mol. The highest BCUT2D eigenvalue weighted by Crippen LogP contribution is 2.12. The molecule has 1 unspecified atom stereocenters. The van der Waals surface area contributed by atoms with E-state index in [-0.39, 0.29) is 18.1 Å². The zero-order chi connectivity index (χ0) is 15.0. The molecule has 0 spiro atoms. The molecule has 0 bridgehead atoms. The largest absolute Gasteiger partial charge is 0.494 e. The van der Waals surface area contributed by atoms with Crippen LogP contribution >= 0.6 is 0 Å². The summed E-state index contributed by atoms with van der Waals surface area (Å²) in [5.41, 5.74) is 1.20. The molecule has 0 saturated heterocycles. The predicted molar refractivity (Wildman–Crippen MR) is 80.0 cm³/mol. The molecule has 1 aromatic carbocycles. The third-order valence-electron chi connectivity index (χ3n) is 2.80. The van der Waals surface area contributed by atoms with Gasteiger partial charge in [0.15, 0.2) is 0 Å². The van der Waals surface area contributed by atoms with E-state index in [9.17, 15) is 4.79 Å². The monoisotopic (exact) mass is 279 g/mol. The van der Waals surface area contributed by atoms with Gasteiger partial charge in [-0.25, -0.2) is 0 Å². The molecule has 0 amide bonds. The van der Waals surface area contributed by atoms with E-state index in [1.165, 1.54) is 5.56 Å². The number of hydrogen-bond donors (Lipinski definition) is 1. The summed E-state index contributed by atoms with van der Waals surface area (Å²) in [5.74, 6) is 0.608. The molecule has 1 aromatic rings. The fourth-order valence-corrected chi connectivity index (χ4v) is 1.84. The lowest BCUT2D eigenvalue weighted by Gasteiger charge is -2.19. The minimum absolute atomic E-state index is 0.214. The summed E-state index contributed by atoms with van der Waals surface area (Å²) in [5, 5.41) is 3.21. The average Bonchev–Trinajstić information content (AvgIpc) is 2.39. The standard InChI is InChI=1S/C16H25NO3/c1-5-19-16(18)15(17-12(2)3)10-11-20-14-8-6-13(4)7-9-14/h6-9,12,15,17H,5,10-11H2,1-4H3. The van der Waals surface area contributed by atoms with Crippen LogP contribution in [0.4, 0.5) is 0 Å². The summed E-state index contributed by atoms with van der Waals surface area (Å²) < 4.78 is 10.7. The topological polar surface area (TPSA) is 47.6 Å². The van der Waals surface area contributed by atoms with Gasteiger partial charge in [-0.2, -0.15) is 0 Å². The highest BCUT2D eigenvalue weighted by atomic mass is 16.5. The van der Waals surface area contributed by atoms with Crippen molar-refractivity contribution in [2.75, 3.05) is 13.2 Å². The maximum absolute atomic E-state index is 11.8. The van der Waals surface area contributed by atoms with Crippen molar-refractivity contribution in [2.24, 2.45) is 0 Å². The molecule has 4 nitrogen and oxygen atoms in total. The molecule has 1 atom stereocenters. The molecule has 1 N–H and O–H groups in total. The first kappa shape index (κ1) is 16.5. The van der Waals surface area contributed by atoms with Gasteiger partial charge in [-0.3, -0.25) is 4.79 Å². The summed E-state index contributed by atoms with van der Waals surface area (Å²) in [6, 6.07) is 7.79. The molecular formula is C16H25NO3. The maximum atomic E-state index is 11.8. The normalized spacial score (nSPS) is 12.2. The Bertz CT molecular complexity index is 401. The van der Waals surface area contributed by atoms with Gasteiger partial charge < -0.3 is 14.8 Å². The molecule has 0 fully saturated rings. The minimum Gasteiger partial charge on any atom is -0.494 e. The molecule has 0 saturated carbocycles. The molecule has 0 aliphatic carbocycles. The molecule has 112 valence electrons. The van der Waals surface area contributed by atoms with Gasteiger partial charge in [0, 0.05) is 12.5 Å². The highest BCUT2D eigenvalue weighted by molar-refractivity contribution is 5.75. The van der Waals surface area contributed by atoms with E-state index in [2.05, 4.69) is 5.32 Å². The number of carbonyl (C=O) groups excluding carboxylic acids is 1. The second kappa shape index (κ2) is 8.59. The molecule has 0 aliphatic heterocycles. The zero-order valence-corrected chi connectivity index (χ0v) is 12.8. The van der Waals surface area contributed by atoms with Crippen LogP contribution in [-0.4, -0.2) is 31.3 Å². The molecule has 1 rings (SSSR count). The number of carbonyl (C=O) groups is 1. The second-order valence-corrected chi connectivity index (χ2v) is 5.08. The number of nitrogens with one attached hydrogen (secondary N) is 1. The van der Waals surface area contributed by atoms with Crippen LogP contribution in [0.3, 0.4) is 0 Å². The Morgan fingerprint density at radius 2 is 1.90 bits per heavy atom. The van der Waals surface area contributed by atoms with Crippen LogP contribution in [0.5, 0.6) is 5.75 Å². The van der Waals surface area contributed by atoms with E-state index in [1.807, 2.05) is 52.0 Å². The minimum atomic E-state index is -0.319. The number of ether oxygens (including phenoxy) is 2. The summed E-state index contributed by atoms with van der Waals surface area (Å²) in [6.07, 6.45) is 0.588. The van der Waals surface area contributed by atoms with E-state index in [4.69, 9.17) is 9.47 Å². The van der Waals surface area contributed by atoms with Crippen LogP contribution < -0.4 is 10.1 Å². The van der Waals surface area contributed by atoms with Gasteiger partial charge in [0.25, 0.3) is 0 Å². The van der Waals surface area contributed by atoms with Crippen molar-refractivity contribution < 1.29 is 14.3 Å². The second-order valence-electron chi connectivity index (χ2n) is 5.08. The Morgan fingerprint density at radius 1 is 1.25 bits per heavy atom. The van der Waals surface area contributed by atoms with Crippen molar-refractivity contribution in [3.63, 3.8) is 0 Å². The van der Waals surface area contributed by atoms with E-state index in [0.29, 0.717) is 19.6 Å². The summed E-state index contributed by atoms with van der Waals surface area (Å²) in [7, 11) is 0. The highest BCUT2D eigenvalue weighted by Gasteiger charge is 2.20. The van der Waals surface area contributed by atoms with Gasteiger partial charge >= 0.3 is 5.97 Å². The Kier molecular flexibility index (Phi) is 7.09. The molecule has 0 heterocycles. The number of aryl methyl sites for hydroxylation is 1. The maximum Gasteiger partial charge on any atom is 0.323 e. The quantitative estimate of drug-likeness (QED) is 0.743. The lowest BCUT2D eigenvalue weighted by molar-refractivity contribution is -0.146. The fourth-order valence-electron chi connectivity index (χ4n) is 1.84. The number of benzene rings is 1. The fraction of sp³-hybridized carbons (Fsp3) is 0.562. The Labute approximate surface area is 121 Å². The van der Waals surface area contributed by atoms with Crippen molar-refractivity contribution in [2.45, 2.75) is 46.2 Å². The number of esters is 1. The molecule has 0 aliphatic rings. The van der Waals surface area contributed by atoms with Crippen molar-refractivity contribution in [1.29, 1.82) is 0 Å². The molecule has 0 aromatic heterocycles. The first-order chi connectivity index (χ1) is 9.52. The van der Waals surface area contributed by atoms with Crippen molar-refractivity contribution >= 4 is 5.97 Å². The molecule has 4 heteroatoms. The SMILES string of the molecule is CCOC(=O)C(CCOc1ccc(C)cc1)NC(C)C. The van der Waals surface area contributed by atoms with Gasteiger partial charge in [0.2, 0.25) is 0 Å². The van der Waals surface area contributed by atoms with E-state index in [0.717, 1.165) is 5.75 Å². The van der Waals surface area contributed by atoms with Crippen LogP contribution in [0.15, 0.2) is 24.3 Å². The van der Waals surface area contributed by atoms with Gasteiger partial charge in [0.1, 0.15) is 11.8 Å². The van der Waals surface area contributed by atoms with Crippen LogP contribution in [0.1, 0.15) is 32.8 Å². The Balaban J connectivity index is 2.45. The van der Waals surface area contributed by atoms with Crippen molar-refractivity contribution in [1.82, 2.24) is 5.32 Å². The van der Waals surface area contributed by atoms with Crippen molar-refractivity contribution in [3.05, 3.63) is 29.8 Å². The van der Waals surface area contributed by atoms with E-state index in [1.54, 1.807) is 0 Å². The molecule has 0 radical (unpaired) electrons. The smallest absolute Gasteiger partial charge is 0.323 e. The predicted octanol–water partition coefficient (Wildman–Crippen LogP) is 2.69. The first-order valence-electron chi connectivity index (χ1n) is 7.15. The summed E-state index contributed by atoms with van der Waals surface area (Å²) in [4.78, 5) is 11.8. The lowest BCUT2D eigenvalue weighted by atomic mass is 10.2. The molecular weight excluding hydrogens is 254 g/mol. The van der Waals surface area contributed by atoms with Crippen molar-refractivity contribution in [3.8, 4) is 5.75 Å². The van der Waals surface area contributed by atoms with Gasteiger partial charge in [-0.15, -0.1) is 0 Å². The molecule has 20 heavy (non-hydrogen) atoms. The third kappa shape index (κ3) is 6.06. The lowest BCUT2D eigenvalue weighted by Crippen LogP contribution is -2.42. The van der Waals surface area contributed by atoms with Crippen LogP contribution in [0, 0.1) is 6.92 Å². The zero-order valence-electron chi connectivity index (χ0n) is 12.8. The third-order valence-corrected chi connectivity index (χ3v) is 2.80. The van der Waals surface area contributed by atoms with Crippen LogP contribution in [0.2, 0.25) is 0 Å². The van der Waals surface area contributed by atoms with Crippen LogP contribution in [0.25, 0.3) is 0 Å². The summed E-state index contributed by atoms with van der Waals surface area (Å²) in [6.45, 7) is 8.74. The van der Waals surface area contributed by atoms with Gasteiger partial charge in [0.05, 0.1) is 13.2 Å².